The Bertz CT molecular complexity index is 254. The Balaban J connectivity index is 3.59. The Labute approximate surface area is 103 Å². The summed E-state index contributed by atoms with van der Waals surface area (Å²) in [7, 11) is 0. The first-order chi connectivity index (χ1) is 7.95. The van der Waals surface area contributed by atoms with Crippen molar-refractivity contribution in [2.24, 2.45) is 16.8 Å². The van der Waals surface area contributed by atoms with Gasteiger partial charge in [0.15, 0.2) is 0 Å². The van der Waals surface area contributed by atoms with Crippen molar-refractivity contribution in [2.45, 2.75) is 39.7 Å². The first-order valence-electron chi connectivity index (χ1n) is 5.92. The van der Waals surface area contributed by atoms with E-state index in [0.29, 0.717) is 31.8 Å². The molecule has 6 nitrogen and oxygen atoms in total. The predicted octanol–water partition coefficient (Wildman–Crippen LogP) is 0.263. The van der Waals surface area contributed by atoms with Crippen LogP contribution in [0.3, 0.4) is 0 Å². The van der Waals surface area contributed by atoms with Gasteiger partial charge in [0.2, 0.25) is 5.91 Å². The Kier molecular flexibility index (Phi) is 8.13. The van der Waals surface area contributed by atoms with Gasteiger partial charge in [-0.05, 0) is 12.8 Å². The second-order valence-electron chi connectivity index (χ2n) is 4.60. The number of nitrogens with two attached hydrogens (primary N) is 1. The monoisotopic (exact) mass is 244 g/mol. The highest BCUT2D eigenvalue weighted by Gasteiger charge is 2.06. The first-order valence-corrected chi connectivity index (χ1v) is 5.92. The number of nitrogens with one attached hydrogen (secondary N) is 2. The van der Waals surface area contributed by atoms with Crippen LogP contribution in [0, 0.1) is 5.92 Å². The summed E-state index contributed by atoms with van der Waals surface area (Å²) in [5.41, 5.74) is 5.37. The maximum Gasteiger partial charge on any atom is 0.221 e. The average Bonchev–Trinajstić information content (AvgIpc) is 2.26. The maximum absolute atomic E-state index is 11.4. The van der Waals surface area contributed by atoms with Crippen molar-refractivity contribution in [1.29, 1.82) is 0 Å². The average molecular weight is 244 g/mol. The number of rotatable bonds is 8. The number of carbonyl (C=O) groups excluding carboxylic acids is 1. The molecule has 0 radical (unpaired) electrons. The van der Waals surface area contributed by atoms with Gasteiger partial charge >= 0.3 is 0 Å². The smallest absolute Gasteiger partial charge is 0.221 e. The van der Waals surface area contributed by atoms with Crippen molar-refractivity contribution < 1.29 is 10.0 Å². The highest BCUT2D eigenvalue weighted by molar-refractivity contribution is 5.80. The van der Waals surface area contributed by atoms with Crippen LogP contribution in [-0.4, -0.2) is 36.1 Å². The van der Waals surface area contributed by atoms with Gasteiger partial charge in [-0.15, -0.1) is 0 Å². The van der Waals surface area contributed by atoms with Crippen LogP contribution < -0.4 is 16.4 Å². The van der Waals surface area contributed by atoms with E-state index in [9.17, 15) is 4.79 Å². The maximum atomic E-state index is 11.4. The molecule has 0 saturated heterocycles. The van der Waals surface area contributed by atoms with E-state index in [1.54, 1.807) is 0 Å². The zero-order chi connectivity index (χ0) is 13.3. The van der Waals surface area contributed by atoms with Crippen molar-refractivity contribution in [3.05, 3.63) is 0 Å². The van der Waals surface area contributed by atoms with Crippen molar-refractivity contribution >= 4 is 11.7 Å². The van der Waals surface area contributed by atoms with E-state index in [-0.39, 0.29) is 17.8 Å². The topological polar surface area (TPSA) is 99.7 Å². The number of hydrogen-bond donors (Lipinski definition) is 4. The third-order valence-corrected chi connectivity index (χ3v) is 2.20. The minimum absolute atomic E-state index is 0.0437. The van der Waals surface area contributed by atoms with E-state index in [1.165, 1.54) is 0 Å². The first kappa shape index (κ1) is 15.7. The van der Waals surface area contributed by atoms with E-state index in [4.69, 9.17) is 10.9 Å². The van der Waals surface area contributed by atoms with Crippen LogP contribution in [0.25, 0.3) is 0 Å². The summed E-state index contributed by atoms with van der Waals surface area (Å²) in [5, 5.41) is 17.3. The summed E-state index contributed by atoms with van der Waals surface area (Å²) in [6, 6.07) is 0.0869. The quantitative estimate of drug-likeness (QED) is 0.213. The molecule has 1 unspecified atom stereocenters. The molecule has 1 atom stereocenters. The molecular formula is C11H24N4O2. The normalized spacial score (nSPS) is 13.8. The number of hydrogen-bond acceptors (Lipinski definition) is 4. The minimum Gasteiger partial charge on any atom is -0.409 e. The standard InChI is InChI=1S/C11H24N4O2/c1-8(2)7-14-11(16)4-5-13-9(3)6-10(12)15-17/h8-9,13,17H,4-7H2,1-3H3,(H2,12,15)(H,14,16). The molecule has 17 heavy (non-hydrogen) atoms. The fraction of sp³-hybridized carbons (Fsp3) is 0.818. The van der Waals surface area contributed by atoms with Gasteiger partial charge in [0.25, 0.3) is 0 Å². The van der Waals surface area contributed by atoms with Gasteiger partial charge in [-0.25, -0.2) is 0 Å². The van der Waals surface area contributed by atoms with Crippen molar-refractivity contribution in [2.75, 3.05) is 13.1 Å². The van der Waals surface area contributed by atoms with Gasteiger partial charge in [0.1, 0.15) is 5.84 Å². The number of amidine groups is 1. The Hall–Kier alpha value is -1.30. The largest absolute Gasteiger partial charge is 0.409 e. The van der Waals surface area contributed by atoms with Gasteiger partial charge in [-0.2, -0.15) is 0 Å². The predicted molar refractivity (Wildman–Crippen MR) is 68.0 cm³/mol. The van der Waals surface area contributed by atoms with Gasteiger partial charge in [-0.1, -0.05) is 19.0 Å². The fourth-order valence-electron chi connectivity index (χ4n) is 1.27. The lowest BCUT2D eigenvalue weighted by Crippen LogP contribution is -2.35. The van der Waals surface area contributed by atoms with Crippen LogP contribution >= 0.6 is 0 Å². The lowest BCUT2D eigenvalue weighted by molar-refractivity contribution is -0.121. The number of amides is 1. The molecule has 5 N–H and O–H groups in total. The molecule has 0 aliphatic heterocycles. The molecule has 6 heteroatoms. The van der Waals surface area contributed by atoms with E-state index < -0.39 is 0 Å². The fourth-order valence-corrected chi connectivity index (χ4v) is 1.27. The summed E-state index contributed by atoms with van der Waals surface area (Å²) in [6.45, 7) is 7.32. The summed E-state index contributed by atoms with van der Waals surface area (Å²) >= 11 is 0. The van der Waals surface area contributed by atoms with Gasteiger partial charge in [0, 0.05) is 32.0 Å². The van der Waals surface area contributed by atoms with Crippen LogP contribution in [-0.2, 0) is 4.79 Å². The highest BCUT2D eigenvalue weighted by Crippen LogP contribution is 1.92. The van der Waals surface area contributed by atoms with E-state index in [2.05, 4.69) is 29.6 Å². The molecule has 1 amide bonds. The van der Waals surface area contributed by atoms with Gasteiger partial charge < -0.3 is 21.6 Å². The second-order valence-corrected chi connectivity index (χ2v) is 4.60. The zero-order valence-corrected chi connectivity index (χ0v) is 10.9. The molecule has 0 fully saturated rings. The summed E-state index contributed by atoms with van der Waals surface area (Å²) < 4.78 is 0. The van der Waals surface area contributed by atoms with E-state index >= 15 is 0 Å². The molecule has 0 bridgehead atoms. The molecule has 0 rings (SSSR count). The SMILES string of the molecule is CC(C)CNC(=O)CCNC(C)CC(N)=NO. The molecule has 0 aromatic heterocycles. The number of oxime groups is 1. The van der Waals surface area contributed by atoms with Crippen LogP contribution in [0.4, 0.5) is 0 Å². The molecule has 0 heterocycles. The Morgan fingerprint density at radius 2 is 2.06 bits per heavy atom. The van der Waals surface area contributed by atoms with Crippen molar-refractivity contribution in [3.63, 3.8) is 0 Å². The number of carbonyl (C=O) groups is 1. The lowest BCUT2D eigenvalue weighted by atomic mass is 10.2. The third kappa shape index (κ3) is 9.62. The van der Waals surface area contributed by atoms with Gasteiger partial charge in [-0.3, -0.25) is 4.79 Å². The second kappa shape index (κ2) is 8.81. The Morgan fingerprint density at radius 1 is 1.41 bits per heavy atom. The Morgan fingerprint density at radius 3 is 2.59 bits per heavy atom. The van der Waals surface area contributed by atoms with Crippen LogP contribution in [0.15, 0.2) is 5.16 Å². The molecule has 0 saturated carbocycles. The van der Waals surface area contributed by atoms with E-state index in [0.717, 1.165) is 0 Å². The van der Waals surface area contributed by atoms with E-state index in [1.807, 2.05) is 6.92 Å². The minimum atomic E-state index is 0.0437. The van der Waals surface area contributed by atoms with Gasteiger partial charge in [0.05, 0.1) is 0 Å². The third-order valence-electron chi connectivity index (χ3n) is 2.20. The molecule has 0 aromatic rings. The molecule has 100 valence electrons. The summed E-state index contributed by atoms with van der Waals surface area (Å²) in [4.78, 5) is 11.4. The van der Waals surface area contributed by atoms with Crippen LogP contribution in [0.1, 0.15) is 33.6 Å². The lowest BCUT2D eigenvalue weighted by Gasteiger charge is -2.13. The summed E-state index contributed by atoms with van der Waals surface area (Å²) in [6.07, 6.45) is 0.900. The van der Waals surface area contributed by atoms with Crippen LogP contribution in [0.5, 0.6) is 0 Å². The molecular weight excluding hydrogens is 220 g/mol. The van der Waals surface area contributed by atoms with Crippen molar-refractivity contribution in [3.8, 4) is 0 Å². The molecule has 0 spiro atoms. The molecule has 0 aromatic carbocycles. The number of nitrogens with zero attached hydrogens (tertiary/aromatic N) is 1. The summed E-state index contributed by atoms with van der Waals surface area (Å²) in [5.74, 6) is 0.697. The highest BCUT2D eigenvalue weighted by atomic mass is 16.4. The molecule has 0 aliphatic carbocycles. The zero-order valence-electron chi connectivity index (χ0n) is 10.9. The molecule has 0 aliphatic rings. The van der Waals surface area contributed by atoms with Crippen molar-refractivity contribution in [1.82, 2.24) is 10.6 Å². The van der Waals surface area contributed by atoms with Crippen LogP contribution in [0.2, 0.25) is 0 Å².